The van der Waals surface area contributed by atoms with Gasteiger partial charge in [0.2, 0.25) is 12.7 Å². The Morgan fingerprint density at radius 2 is 1.91 bits per heavy atom. The lowest BCUT2D eigenvalue weighted by Gasteiger charge is -2.07. The van der Waals surface area contributed by atoms with E-state index in [1.165, 1.54) is 16.4 Å². The minimum absolute atomic E-state index is 0.132. The maximum Gasteiger partial charge on any atom is 0.244 e. The molecule has 2 N–H and O–H groups in total. The van der Waals surface area contributed by atoms with E-state index in [4.69, 9.17) is 14.2 Å². The number of hydrogen-bond donors (Lipinski definition) is 2. The summed E-state index contributed by atoms with van der Waals surface area (Å²) in [6.45, 7) is 0.786. The van der Waals surface area contributed by atoms with E-state index in [-0.39, 0.29) is 12.7 Å². The minimum Gasteiger partial charge on any atom is -0.497 e. The van der Waals surface area contributed by atoms with Gasteiger partial charge in [0.15, 0.2) is 11.5 Å². The SMILES string of the molecule is COc1ccc(-c2[nH]c3ccccc3c2SCCNC(=O)C=Cc2ccc3c(c2)OCO3)cc1. The molecule has 4 aromatic rings. The molecule has 7 heteroatoms. The molecular formula is C27H24N2O4S. The van der Waals surface area contributed by atoms with Gasteiger partial charge < -0.3 is 24.5 Å². The topological polar surface area (TPSA) is 72.6 Å². The third-order valence-electron chi connectivity index (χ3n) is 5.51. The summed E-state index contributed by atoms with van der Waals surface area (Å²) in [5.74, 6) is 2.86. The summed E-state index contributed by atoms with van der Waals surface area (Å²) in [7, 11) is 1.66. The van der Waals surface area contributed by atoms with Crippen molar-refractivity contribution in [3.05, 3.63) is 78.4 Å². The molecule has 0 spiro atoms. The number of ether oxygens (including phenoxy) is 3. The number of hydrogen-bond acceptors (Lipinski definition) is 5. The molecule has 1 aliphatic heterocycles. The molecule has 1 aromatic heterocycles. The van der Waals surface area contributed by atoms with Crippen LogP contribution < -0.4 is 19.5 Å². The van der Waals surface area contributed by atoms with Crippen molar-refractivity contribution in [2.75, 3.05) is 26.2 Å². The van der Waals surface area contributed by atoms with E-state index in [0.717, 1.165) is 39.6 Å². The number of nitrogens with one attached hydrogen (secondary N) is 2. The van der Waals surface area contributed by atoms with E-state index in [0.29, 0.717) is 12.3 Å². The standard InChI is InChI=1S/C27H24N2O4S/c1-31-20-10-8-19(9-11-20)26-27(21-4-2-3-5-22(21)29-26)34-15-14-28-25(30)13-7-18-6-12-23-24(16-18)33-17-32-23/h2-13,16,29H,14-15,17H2,1H3,(H,28,30). The first kappa shape index (κ1) is 22.0. The van der Waals surface area contributed by atoms with E-state index >= 15 is 0 Å². The second kappa shape index (κ2) is 9.97. The molecule has 0 saturated carbocycles. The monoisotopic (exact) mass is 472 g/mol. The number of thioether (sulfide) groups is 1. The van der Waals surface area contributed by atoms with Gasteiger partial charge in [0, 0.05) is 34.2 Å². The van der Waals surface area contributed by atoms with Crippen molar-refractivity contribution >= 4 is 34.6 Å². The van der Waals surface area contributed by atoms with Gasteiger partial charge in [-0.05, 0) is 59.7 Å². The van der Waals surface area contributed by atoms with Gasteiger partial charge in [-0.1, -0.05) is 24.3 Å². The van der Waals surface area contributed by atoms with Crippen molar-refractivity contribution in [3.8, 4) is 28.5 Å². The van der Waals surface area contributed by atoms with Gasteiger partial charge in [0.25, 0.3) is 0 Å². The maximum atomic E-state index is 12.3. The van der Waals surface area contributed by atoms with Crippen LogP contribution in [0.4, 0.5) is 0 Å². The molecule has 0 bridgehead atoms. The summed E-state index contributed by atoms with van der Waals surface area (Å²) < 4.78 is 16.0. The number of fused-ring (bicyclic) bond motifs is 2. The summed E-state index contributed by atoms with van der Waals surface area (Å²) in [5.41, 5.74) is 4.14. The normalized spacial score (nSPS) is 12.4. The molecule has 0 aliphatic carbocycles. The summed E-state index contributed by atoms with van der Waals surface area (Å²) in [6.07, 6.45) is 3.31. The van der Waals surface area contributed by atoms with Crippen LogP contribution >= 0.6 is 11.8 Å². The number of aromatic nitrogens is 1. The lowest BCUT2D eigenvalue weighted by atomic mass is 10.1. The average molecular weight is 473 g/mol. The number of para-hydroxylation sites is 1. The number of benzene rings is 3. The molecule has 3 aromatic carbocycles. The quantitative estimate of drug-likeness (QED) is 0.201. The van der Waals surface area contributed by atoms with Gasteiger partial charge in [-0.3, -0.25) is 4.79 Å². The Hall–Kier alpha value is -3.84. The second-order valence-electron chi connectivity index (χ2n) is 7.69. The van der Waals surface area contributed by atoms with Crippen molar-refractivity contribution in [1.29, 1.82) is 0 Å². The van der Waals surface area contributed by atoms with Crippen LogP contribution in [0.15, 0.2) is 77.7 Å². The summed E-state index contributed by atoms with van der Waals surface area (Å²) in [6, 6.07) is 21.9. The predicted molar refractivity (Wildman–Crippen MR) is 136 cm³/mol. The average Bonchev–Trinajstić information content (AvgIpc) is 3.49. The van der Waals surface area contributed by atoms with E-state index < -0.39 is 0 Å². The van der Waals surface area contributed by atoms with Crippen LogP contribution in [0.2, 0.25) is 0 Å². The molecule has 0 saturated heterocycles. The number of H-pyrrole nitrogens is 1. The van der Waals surface area contributed by atoms with Gasteiger partial charge >= 0.3 is 0 Å². The highest BCUT2D eigenvalue weighted by Gasteiger charge is 2.14. The van der Waals surface area contributed by atoms with Crippen molar-refractivity contribution in [2.45, 2.75) is 4.90 Å². The number of carbonyl (C=O) groups is 1. The van der Waals surface area contributed by atoms with Crippen LogP contribution in [-0.4, -0.2) is 37.1 Å². The molecule has 0 atom stereocenters. The molecule has 6 nitrogen and oxygen atoms in total. The van der Waals surface area contributed by atoms with Crippen LogP contribution in [0.25, 0.3) is 28.2 Å². The highest BCUT2D eigenvalue weighted by Crippen LogP contribution is 2.38. The first-order valence-electron chi connectivity index (χ1n) is 10.9. The van der Waals surface area contributed by atoms with Gasteiger partial charge in [0.05, 0.1) is 12.8 Å². The zero-order valence-electron chi connectivity index (χ0n) is 18.7. The molecule has 34 heavy (non-hydrogen) atoms. The molecule has 0 unspecified atom stereocenters. The Morgan fingerprint density at radius 1 is 1.09 bits per heavy atom. The summed E-state index contributed by atoms with van der Waals surface area (Å²) in [5, 5.41) is 4.13. The minimum atomic E-state index is -0.132. The van der Waals surface area contributed by atoms with E-state index in [1.54, 1.807) is 24.9 Å². The summed E-state index contributed by atoms with van der Waals surface area (Å²) in [4.78, 5) is 17.0. The molecule has 1 aliphatic rings. The Kier molecular flexibility index (Phi) is 6.44. The Morgan fingerprint density at radius 3 is 2.76 bits per heavy atom. The molecule has 0 radical (unpaired) electrons. The molecule has 1 amide bonds. The molecular weight excluding hydrogens is 448 g/mol. The number of amides is 1. The van der Waals surface area contributed by atoms with Crippen molar-refractivity contribution in [2.24, 2.45) is 0 Å². The van der Waals surface area contributed by atoms with E-state index in [2.05, 4.69) is 34.6 Å². The molecule has 2 heterocycles. The number of methoxy groups -OCH3 is 1. The fraction of sp³-hybridized carbons (Fsp3) is 0.148. The maximum absolute atomic E-state index is 12.3. The van der Waals surface area contributed by atoms with Gasteiger partial charge in [-0.15, -0.1) is 11.8 Å². The smallest absolute Gasteiger partial charge is 0.244 e. The lowest BCUT2D eigenvalue weighted by molar-refractivity contribution is -0.116. The van der Waals surface area contributed by atoms with Gasteiger partial charge in [-0.2, -0.15) is 0 Å². The number of carbonyl (C=O) groups excluding carboxylic acids is 1. The third-order valence-corrected chi connectivity index (χ3v) is 6.63. The largest absolute Gasteiger partial charge is 0.497 e. The van der Waals surface area contributed by atoms with Crippen molar-refractivity contribution in [1.82, 2.24) is 10.3 Å². The molecule has 5 rings (SSSR count). The first-order valence-corrected chi connectivity index (χ1v) is 11.9. The highest BCUT2D eigenvalue weighted by molar-refractivity contribution is 7.99. The third kappa shape index (κ3) is 4.75. The van der Waals surface area contributed by atoms with Crippen LogP contribution in [0, 0.1) is 0 Å². The fourth-order valence-electron chi connectivity index (χ4n) is 3.80. The van der Waals surface area contributed by atoms with Crippen LogP contribution in [0.5, 0.6) is 17.2 Å². The second-order valence-corrected chi connectivity index (χ2v) is 8.79. The van der Waals surface area contributed by atoms with E-state index in [1.807, 2.05) is 42.5 Å². The van der Waals surface area contributed by atoms with Gasteiger partial charge in [0.1, 0.15) is 5.75 Å². The highest BCUT2D eigenvalue weighted by atomic mass is 32.2. The Balaban J connectivity index is 1.22. The zero-order chi connectivity index (χ0) is 23.3. The lowest BCUT2D eigenvalue weighted by Crippen LogP contribution is -2.23. The Labute approximate surface area is 201 Å². The first-order chi connectivity index (χ1) is 16.7. The fourth-order valence-corrected chi connectivity index (χ4v) is 4.86. The summed E-state index contributed by atoms with van der Waals surface area (Å²) >= 11 is 1.73. The predicted octanol–water partition coefficient (Wildman–Crippen LogP) is 5.49. The van der Waals surface area contributed by atoms with E-state index in [9.17, 15) is 4.79 Å². The molecule has 0 fully saturated rings. The Bertz CT molecular complexity index is 1340. The number of aromatic amines is 1. The van der Waals surface area contributed by atoms with Crippen molar-refractivity contribution < 1.29 is 19.0 Å². The van der Waals surface area contributed by atoms with Crippen LogP contribution in [0.3, 0.4) is 0 Å². The van der Waals surface area contributed by atoms with Crippen molar-refractivity contribution in [3.63, 3.8) is 0 Å². The van der Waals surface area contributed by atoms with Gasteiger partial charge in [-0.25, -0.2) is 0 Å². The number of rotatable bonds is 8. The zero-order valence-corrected chi connectivity index (χ0v) is 19.5. The molecule has 172 valence electrons. The van der Waals surface area contributed by atoms with Crippen LogP contribution in [0.1, 0.15) is 5.56 Å². The van der Waals surface area contributed by atoms with Crippen LogP contribution in [-0.2, 0) is 4.79 Å².